The van der Waals surface area contributed by atoms with E-state index in [1.54, 1.807) is 6.92 Å². The number of anilines is 1. The maximum atomic E-state index is 12.9. The smallest absolute Gasteiger partial charge is 0.223 e. The third-order valence-electron chi connectivity index (χ3n) is 7.09. The summed E-state index contributed by atoms with van der Waals surface area (Å²) in [7, 11) is 1.89. The molecule has 1 N–H and O–H groups in total. The van der Waals surface area contributed by atoms with Gasteiger partial charge in [-0.25, -0.2) is 9.97 Å². The summed E-state index contributed by atoms with van der Waals surface area (Å²) in [6, 6.07) is 0. The molecule has 0 spiro atoms. The molecule has 3 heterocycles. The first kappa shape index (κ1) is 21.1. The number of hydrogen-bond acceptors (Lipinski definition) is 5. The molecule has 164 valence electrons. The molecular weight excluding hydrogens is 378 g/mol. The third-order valence-corrected chi connectivity index (χ3v) is 7.09. The number of likely N-dealkylation sites (tertiary alicyclic amines) is 1. The Labute approximate surface area is 179 Å². The van der Waals surface area contributed by atoms with Gasteiger partial charge in [0, 0.05) is 57.9 Å². The van der Waals surface area contributed by atoms with Gasteiger partial charge in [0.1, 0.15) is 11.6 Å². The Morgan fingerprint density at radius 1 is 1.03 bits per heavy atom. The van der Waals surface area contributed by atoms with Gasteiger partial charge in [0.25, 0.3) is 0 Å². The standard InChI is InChI=1S/C23H35N5O2/c1-16(29)27-11-6-9-18(14-27)22-25-20-10-12-28(15-19(20)23(24-2)26-22)21(30)13-17-7-4-3-5-8-17/h17-18H,3-15H2,1-2H3,(H,24,25,26)/t18-/m0/s1. The van der Waals surface area contributed by atoms with Gasteiger partial charge < -0.3 is 15.1 Å². The number of rotatable bonds is 4. The molecule has 7 nitrogen and oxygen atoms in total. The van der Waals surface area contributed by atoms with E-state index < -0.39 is 0 Å². The molecule has 4 rings (SSSR count). The summed E-state index contributed by atoms with van der Waals surface area (Å²) < 4.78 is 0. The van der Waals surface area contributed by atoms with Crippen molar-refractivity contribution >= 4 is 17.6 Å². The first-order valence-corrected chi connectivity index (χ1v) is 11.7. The van der Waals surface area contributed by atoms with Crippen LogP contribution in [0.3, 0.4) is 0 Å². The molecule has 1 aromatic heterocycles. The van der Waals surface area contributed by atoms with Crippen molar-refractivity contribution < 1.29 is 9.59 Å². The Balaban J connectivity index is 1.48. The van der Waals surface area contributed by atoms with E-state index in [4.69, 9.17) is 9.97 Å². The fourth-order valence-electron chi connectivity index (χ4n) is 5.28. The number of fused-ring (bicyclic) bond motifs is 1. The molecule has 1 aliphatic carbocycles. The van der Waals surface area contributed by atoms with Gasteiger partial charge in [0.2, 0.25) is 11.8 Å². The zero-order chi connectivity index (χ0) is 21.1. The molecule has 1 aromatic rings. The SMILES string of the molecule is CNc1nc([C@H]2CCCN(C(C)=O)C2)nc2c1CN(C(=O)CC1CCCCC1)CC2. The maximum absolute atomic E-state index is 12.9. The Bertz CT molecular complexity index is 773. The Morgan fingerprint density at radius 3 is 2.57 bits per heavy atom. The van der Waals surface area contributed by atoms with Gasteiger partial charge in [0.15, 0.2) is 0 Å². The summed E-state index contributed by atoms with van der Waals surface area (Å²) in [5, 5.41) is 3.24. The molecule has 0 radical (unpaired) electrons. The largest absolute Gasteiger partial charge is 0.373 e. The highest BCUT2D eigenvalue weighted by Crippen LogP contribution is 2.31. The second kappa shape index (κ2) is 9.31. The van der Waals surface area contributed by atoms with E-state index in [-0.39, 0.29) is 17.7 Å². The molecule has 30 heavy (non-hydrogen) atoms. The number of aromatic nitrogens is 2. The quantitative estimate of drug-likeness (QED) is 0.821. The minimum atomic E-state index is 0.124. The Hall–Kier alpha value is -2.18. The van der Waals surface area contributed by atoms with E-state index in [9.17, 15) is 9.59 Å². The first-order valence-electron chi connectivity index (χ1n) is 11.7. The highest BCUT2D eigenvalue weighted by molar-refractivity contribution is 5.77. The minimum absolute atomic E-state index is 0.124. The molecule has 1 atom stereocenters. The van der Waals surface area contributed by atoms with Crippen LogP contribution >= 0.6 is 0 Å². The third kappa shape index (κ3) is 4.60. The van der Waals surface area contributed by atoms with Gasteiger partial charge in [0.05, 0.1) is 12.2 Å². The summed E-state index contributed by atoms with van der Waals surface area (Å²) >= 11 is 0. The summed E-state index contributed by atoms with van der Waals surface area (Å²) in [6.45, 7) is 4.50. The highest BCUT2D eigenvalue weighted by Gasteiger charge is 2.30. The van der Waals surface area contributed by atoms with Gasteiger partial charge in [-0.05, 0) is 31.6 Å². The van der Waals surface area contributed by atoms with Crippen molar-refractivity contribution in [3.63, 3.8) is 0 Å². The second-order valence-corrected chi connectivity index (χ2v) is 9.18. The fraction of sp³-hybridized carbons (Fsp3) is 0.739. The fourth-order valence-corrected chi connectivity index (χ4v) is 5.28. The molecule has 1 saturated heterocycles. The summed E-state index contributed by atoms with van der Waals surface area (Å²) in [5.41, 5.74) is 2.12. The summed E-state index contributed by atoms with van der Waals surface area (Å²) in [5.74, 6) is 2.83. The van der Waals surface area contributed by atoms with Crippen molar-refractivity contribution in [2.24, 2.45) is 5.92 Å². The number of nitrogens with one attached hydrogen (secondary N) is 1. The van der Waals surface area contributed by atoms with Crippen LogP contribution in [0.15, 0.2) is 0 Å². The van der Waals surface area contributed by atoms with E-state index in [1.165, 1.54) is 32.1 Å². The van der Waals surface area contributed by atoms with Gasteiger partial charge >= 0.3 is 0 Å². The Kier molecular flexibility index (Phi) is 6.54. The summed E-state index contributed by atoms with van der Waals surface area (Å²) in [4.78, 5) is 38.4. The van der Waals surface area contributed by atoms with Crippen LogP contribution in [0.2, 0.25) is 0 Å². The predicted octanol–water partition coefficient (Wildman–Crippen LogP) is 3.10. The van der Waals surface area contributed by atoms with Gasteiger partial charge in [-0.2, -0.15) is 0 Å². The molecule has 2 fully saturated rings. The van der Waals surface area contributed by atoms with Crippen LogP contribution in [0.25, 0.3) is 0 Å². The monoisotopic (exact) mass is 413 g/mol. The van der Waals surface area contributed by atoms with E-state index in [0.29, 0.717) is 25.4 Å². The van der Waals surface area contributed by atoms with Crippen molar-refractivity contribution in [1.82, 2.24) is 19.8 Å². The van der Waals surface area contributed by atoms with Crippen LogP contribution in [0.1, 0.15) is 81.3 Å². The highest BCUT2D eigenvalue weighted by atomic mass is 16.2. The topological polar surface area (TPSA) is 78.4 Å². The molecule has 0 bridgehead atoms. The van der Waals surface area contributed by atoms with Gasteiger partial charge in [-0.1, -0.05) is 19.3 Å². The van der Waals surface area contributed by atoms with E-state index in [2.05, 4.69) is 5.32 Å². The number of carbonyl (C=O) groups excluding carboxylic acids is 2. The van der Waals surface area contributed by atoms with Crippen LogP contribution in [-0.2, 0) is 22.6 Å². The van der Waals surface area contributed by atoms with Crippen molar-refractivity contribution in [2.45, 2.75) is 77.2 Å². The van der Waals surface area contributed by atoms with Gasteiger partial charge in [-0.15, -0.1) is 0 Å². The molecule has 0 aromatic carbocycles. The normalized spacial score (nSPS) is 22.5. The van der Waals surface area contributed by atoms with Crippen molar-refractivity contribution in [3.05, 3.63) is 17.1 Å². The van der Waals surface area contributed by atoms with Crippen LogP contribution in [-0.4, -0.2) is 58.3 Å². The average Bonchev–Trinajstić information content (AvgIpc) is 2.78. The van der Waals surface area contributed by atoms with Crippen molar-refractivity contribution in [1.29, 1.82) is 0 Å². The van der Waals surface area contributed by atoms with Crippen molar-refractivity contribution in [3.8, 4) is 0 Å². The van der Waals surface area contributed by atoms with Crippen LogP contribution in [0.5, 0.6) is 0 Å². The number of carbonyl (C=O) groups is 2. The van der Waals surface area contributed by atoms with Gasteiger partial charge in [-0.3, -0.25) is 9.59 Å². The van der Waals surface area contributed by atoms with Crippen LogP contribution in [0, 0.1) is 5.92 Å². The van der Waals surface area contributed by atoms with E-state index >= 15 is 0 Å². The second-order valence-electron chi connectivity index (χ2n) is 9.18. The molecule has 7 heteroatoms. The molecular formula is C23H35N5O2. The number of hydrogen-bond donors (Lipinski definition) is 1. The zero-order valence-electron chi connectivity index (χ0n) is 18.5. The maximum Gasteiger partial charge on any atom is 0.223 e. The summed E-state index contributed by atoms with van der Waals surface area (Å²) in [6.07, 6.45) is 9.71. The minimum Gasteiger partial charge on any atom is -0.373 e. The zero-order valence-corrected chi connectivity index (χ0v) is 18.5. The van der Waals surface area contributed by atoms with Crippen LogP contribution in [0.4, 0.5) is 5.82 Å². The van der Waals surface area contributed by atoms with E-state index in [1.807, 2.05) is 16.8 Å². The molecule has 2 aliphatic heterocycles. The Morgan fingerprint density at radius 2 is 1.83 bits per heavy atom. The average molecular weight is 414 g/mol. The lowest BCUT2D eigenvalue weighted by molar-refractivity contribution is -0.133. The van der Waals surface area contributed by atoms with Crippen molar-refractivity contribution in [2.75, 3.05) is 32.0 Å². The number of amides is 2. The first-order chi connectivity index (χ1) is 14.5. The lowest BCUT2D eigenvalue weighted by Crippen LogP contribution is -2.39. The number of piperidine rings is 1. The lowest BCUT2D eigenvalue weighted by atomic mass is 9.86. The molecule has 2 amide bonds. The lowest BCUT2D eigenvalue weighted by Gasteiger charge is -2.34. The van der Waals surface area contributed by atoms with Crippen LogP contribution < -0.4 is 5.32 Å². The van der Waals surface area contributed by atoms with E-state index in [0.717, 1.165) is 55.3 Å². The molecule has 0 unspecified atom stereocenters. The molecule has 3 aliphatic rings. The molecule has 1 saturated carbocycles. The predicted molar refractivity (Wildman–Crippen MR) is 116 cm³/mol. The number of nitrogens with zero attached hydrogens (tertiary/aromatic N) is 4.